The lowest BCUT2D eigenvalue weighted by Crippen LogP contribution is -2.31. The van der Waals surface area contributed by atoms with Gasteiger partial charge >= 0.3 is 0 Å². The van der Waals surface area contributed by atoms with Crippen LogP contribution in [0.15, 0.2) is 4.47 Å². The van der Waals surface area contributed by atoms with Gasteiger partial charge < -0.3 is 5.32 Å². The van der Waals surface area contributed by atoms with Gasteiger partial charge in [0.2, 0.25) is 0 Å². The third-order valence-electron chi connectivity index (χ3n) is 3.61. The minimum absolute atomic E-state index is 0.554. The van der Waals surface area contributed by atoms with E-state index in [9.17, 15) is 0 Å². The highest BCUT2D eigenvalue weighted by molar-refractivity contribution is 9.10. The molecule has 2 rings (SSSR count). The molecule has 2 heterocycles. The van der Waals surface area contributed by atoms with E-state index in [0.717, 1.165) is 19.3 Å². The third kappa shape index (κ3) is 2.37. The summed E-state index contributed by atoms with van der Waals surface area (Å²) in [6.45, 7) is 6.70. The molecule has 2 unspecified atom stereocenters. The molecule has 0 aliphatic carbocycles. The predicted octanol–water partition coefficient (Wildman–Crippen LogP) is 4.14. The number of anilines is 1. The molecule has 1 aromatic rings. The average Bonchev–Trinajstić information content (AvgIpc) is 2.66. The van der Waals surface area contributed by atoms with Crippen LogP contribution in [-0.4, -0.2) is 15.8 Å². The number of nitrogens with zero attached hydrogens (tertiary/aromatic N) is 2. The standard InChI is InChI=1S/C13H22BrN3/c1-4-7-11-12(14)13-15-9(5-2)8-10(6-3)17(13)16-11/h9-10,15H,4-8H2,1-3H3. The summed E-state index contributed by atoms with van der Waals surface area (Å²) in [7, 11) is 0. The Balaban J connectivity index is 2.35. The predicted molar refractivity (Wildman–Crippen MR) is 75.6 cm³/mol. The van der Waals surface area contributed by atoms with Crippen molar-refractivity contribution in [3.63, 3.8) is 0 Å². The molecule has 0 saturated carbocycles. The number of nitrogens with one attached hydrogen (secondary N) is 1. The van der Waals surface area contributed by atoms with Crippen molar-refractivity contribution in [2.75, 3.05) is 5.32 Å². The summed E-state index contributed by atoms with van der Waals surface area (Å²) in [5.74, 6) is 1.19. The fraction of sp³-hybridized carbons (Fsp3) is 0.769. The first-order chi connectivity index (χ1) is 8.21. The Kier molecular flexibility index (Phi) is 4.13. The average molecular weight is 300 g/mol. The highest BCUT2D eigenvalue weighted by atomic mass is 79.9. The molecule has 0 fully saturated rings. The lowest BCUT2D eigenvalue weighted by Gasteiger charge is -2.31. The summed E-state index contributed by atoms with van der Waals surface area (Å²) in [6, 6.07) is 1.15. The van der Waals surface area contributed by atoms with Crippen LogP contribution in [0.2, 0.25) is 0 Å². The van der Waals surface area contributed by atoms with Crippen molar-refractivity contribution in [2.45, 2.75) is 65.0 Å². The van der Waals surface area contributed by atoms with Crippen LogP contribution in [0.1, 0.15) is 58.2 Å². The molecule has 1 aromatic heterocycles. The number of aromatic nitrogens is 2. The van der Waals surface area contributed by atoms with Gasteiger partial charge in [0.1, 0.15) is 5.82 Å². The van der Waals surface area contributed by atoms with Crippen molar-refractivity contribution in [1.82, 2.24) is 9.78 Å². The van der Waals surface area contributed by atoms with Gasteiger partial charge in [-0.15, -0.1) is 0 Å². The van der Waals surface area contributed by atoms with Gasteiger partial charge in [-0.3, -0.25) is 0 Å². The van der Waals surface area contributed by atoms with E-state index in [4.69, 9.17) is 5.10 Å². The van der Waals surface area contributed by atoms with Gasteiger partial charge in [0, 0.05) is 6.04 Å². The summed E-state index contributed by atoms with van der Waals surface area (Å²) < 4.78 is 3.37. The van der Waals surface area contributed by atoms with Crippen molar-refractivity contribution in [2.24, 2.45) is 0 Å². The van der Waals surface area contributed by atoms with Gasteiger partial charge in [0.05, 0.1) is 16.2 Å². The van der Waals surface area contributed by atoms with E-state index in [0.29, 0.717) is 12.1 Å². The van der Waals surface area contributed by atoms with Crippen LogP contribution in [0, 0.1) is 0 Å². The Morgan fingerprint density at radius 2 is 2.12 bits per heavy atom. The smallest absolute Gasteiger partial charge is 0.139 e. The number of hydrogen-bond donors (Lipinski definition) is 1. The summed E-state index contributed by atoms with van der Waals surface area (Å²) in [5.41, 5.74) is 1.20. The topological polar surface area (TPSA) is 29.9 Å². The molecular weight excluding hydrogens is 278 g/mol. The maximum atomic E-state index is 4.77. The molecule has 2 atom stereocenters. The fourth-order valence-electron chi connectivity index (χ4n) is 2.54. The van der Waals surface area contributed by atoms with Crippen molar-refractivity contribution < 1.29 is 0 Å². The zero-order chi connectivity index (χ0) is 12.4. The molecule has 1 aliphatic heterocycles. The van der Waals surface area contributed by atoms with Crippen LogP contribution in [0.4, 0.5) is 5.82 Å². The Bertz CT molecular complexity index is 386. The van der Waals surface area contributed by atoms with Crippen LogP contribution in [0.3, 0.4) is 0 Å². The van der Waals surface area contributed by atoms with E-state index >= 15 is 0 Å². The van der Waals surface area contributed by atoms with Crippen LogP contribution >= 0.6 is 15.9 Å². The fourth-order valence-corrected chi connectivity index (χ4v) is 3.11. The molecule has 0 spiro atoms. The van der Waals surface area contributed by atoms with E-state index in [1.807, 2.05) is 0 Å². The first kappa shape index (κ1) is 12.9. The molecule has 0 radical (unpaired) electrons. The second kappa shape index (κ2) is 5.42. The lowest BCUT2D eigenvalue weighted by atomic mass is 10.0. The number of fused-ring (bicyclic) bond motifs is 1. The van der Waals surface area contributed by atoms with E-state index in [2.05, 4.69) is 46.7 Å². The van der Waals surface area contributed by atoms with Gasteiger partial charge in [0.15, 0.2) is 0 Å². The van der Waals surface area contributed by atoms with E-state index < -0.39 is 0 Å². The van der Waals surface area contributed by atoms with E-state index in [1.165, 1.54) is 28.8 Å². The van der Waals surface area contributed by atoms with Gasteiger partial charge in [-0.2, -0.15) is 5.10 Å². The third-order valence-corrected chi connectivity index (χ3v) is 4.45. The van der Waals surface area contributed by atoms with Gasteiger partial charge in [-0.25, -0.2) is 4.68 Å². The van der Waals surface area contributed by atoms with Crippen molar-refractivity contribution in [3.8, 4) is 0 Å². The monoisotopic (exact) mass is 299 g/mol. The second-order valence-corrected chi connectivity index (χ2v) is 5.64. The molecule has 0 aromatic carbocycles. The Labute approximate surface area is 112 Å². The summed E-state index contributed by atoms with van der Waals surface area (Å²) in [4.78, 5) is 0. The van der Waals surface area contributed by atoms with Gasteiger partial charge in [-0.05, 0) is 41.6 Å². The highest BCUT2D eigenvalue weighted by Gasteiger charge is 2.28. The zero-order valence-electron chi connectivity index (χ0n) is 11.0. The molecule has 0 saturated heterocycles. The summed E-state index contributed by atoms with van der Waals surface area (Å²) in [5, 5.41) is 8.38. The Morgan fingerprint density at radius 1 is 1.35 bits per heavy atom. The van der Waals surface area contributed by atoms with Crippen LogP contribution in [0.25, 0.3) is 0 Å². The maximum absolute atomic E-state index is 4.77. The minimum Gasteiger partial charge on any atom is -0.367 e. The van der Waals surface area contributed by atoms with Crippen molar-refractivity contribution in [3.05, 3.63) is 10.2 Å². The molecule has 1 N–H and O–H groups in total. The SMILES string of the molecule is CCCc1nn2c(c1Br)NC(CC)CC2CC. The largest absolute Gasteiger partial charge is 0.367 e. The van der Waals surface area contributed by atoms with E-state index in [1.54, 1.807) is 0 Å². The molecule has 0 amide bonds. The molecule has 0 bridgehead atoms. The van der Waals surface area contributed by atoms with Crippen molar-refractivity contribution in [1.29, 1.82) is 0 Å². The highest BCUT2D eigenvalue weighted by Crippen LogP contribution is 2.37. The van der Waals surface area contributed by atoms with Crippen LogP contribution < -0.4 is 5.32 Å². The van der Waals surface area contributed by atoms with Gasteiger partial charge in [-0.1, -0.05) is 27.2 Å². The zero-order valence-corrected chi connectivity index (χ0v) is 12.5. The number of rotatable bonds is 4. The minimum atomic E-state index is 0.554. The Morgan fingerprint density at radius 3 is 2.71 bits per heavy atom. The second-order valence-electron chi connectivity index (χ2n) is 4.85. The molecule has 4 heteroatoms. The van der Waals surface area contributed by atoms with Crippen LogP contribution in [0.5, 0.6) is 0 Å². The number of aryl methyl sites for hydroxylation is 1. The first-order valence-corrected chi connectivity index (χ1v) is 7.53. The maximum Gasteiger partial charge on any atom is 0.139 e. The first-order valence-electron chi connectivity index (χ1n) is 6.74. The molecule has 96 valence electrons. The normalized spacial score (nSPS) is 23.3. The molecule has 3 nitrogen and oxygen atoms in total. The number of halogens is 1. The molecular formula is C13H22BrN3. The molecule has 17 heavy (non-hydrogen) atoms. The summed E-state index contributed by atoms with van der Waals surface area (Å²) >= 11 is 3.71. The van der Waals surface area contributed by atoms with Crippen LogP contribution in [-0.2, 0) is 6.42 Å². The summed E-state index contributed by atoms with van der Waals surface area (Å²) in [6.07, 6.45) is 5.72. The van der Waals surface area contributed by atoms with Gasteiger partial charge in [0.25, 0.3) is 0 Å². The Hall–Kier alpha value is -0.510. The molecule has 1 aliphatic rings. The lowest BCUT2D eigenvalue weighted by molar-refractivity contribution is 0.360. The van der Waals surface area contributed by atoms with Crippen molar-refractivity contribution >= 4 is 21.7 Å². The number of hydrogen-bond acceptors (Lipinski definition) is 2. The van der Waals surface area contributed by atoms with E-state index in [-0.39, 0.29) is 0 Å². The quantitative estimate of drug-likeness (QED) is 0.905.